The predicted molar refractivity (Wildman–Crippen MR) is 93.2 cm³/mol. The van der Waals surface area contributed by atoms with Crippen LogP contribution in [0.4, 0.5) is 0 Å². The van der Waals surface area contributed by atoms with Gasteiger partial charge in [-0.15, -0.1) is 0 Å². The minimum atomic E-state index is -3.33. The third kappa shape index (κ3) is 5.08. The molecule has 23 heavy (non-hydrogen) atoms. The highest BCUT2D eigenvalue weighted by Gasteiger charge is 2.12. The van der Waals surface area contributed by atoms with Crippen molar-refractivity contribution in [1.82, 2.24) is 4.72 Å². The molecule has 2 aromatic rings. The van der Waals surface area contributed by atoms with Gasteiger partial charge in [0, 0.05) is 6.54 Å². The van der Waals surface area contributed by atoms with Crippen LogP contribution in [-0.4, -0.2) is 22.1 Å². The largest absolute Gasteiger partial charge is 0.496 e. The molecular formula is C18H23NO3S. The summed E-state index contributed by atoms with van der Waals surface area (Å²) in [5.74, 6) is 0.799. The van der Waals surface area contributed by atoms with E-state index in [4.69, 9.17) is 4.74 Å². The van der Waals surface area contributed by atoms with Gasteiger partial charge in [-0.3, -0.25) is 0 Å². The monoisotopic (exact) mass is 333 g/mol. The van der Waals surface area contributed by atoms with Gasteiger partial charge in [0.25, 0.3) is 0 Å². The van der Waals surface area contributed by atoms with E-state index in [9.17, 15) is 8.42 Å². The van der Waals surface area contributed by atoms with Crippen molar-refractivity contribution >= 4 is 10.0 Å². The Morgan fingerprint density at radius 2 is 1.70 bits per heavy atom. The van der Waals surface area contributed by atoms with Gasteiger partial charge >= 0.3 is 0 Å². The lowest BCUT2D eigenvalue weighted by Gasteiger charge is -2.12. The van der Waals surface area contributed by atoms with Gasteiger partial charge in [-0.05, 0) is 48.6 Å². The zero-order chi connectivity index (χ0) is 16.9. The standard InChI is InChI=1S/C18H23NO3S/c1-14-11-17(18(22-3)12-15(14)2)9-10-19-23(20,21)13-16-7-5-4-6-8-16/h4-8,11-12,19H,9-10,13H2,1-3H3. The Labute approximate surface area is 138 Å². The maximum Gasteiger partial charge on any atom is 0.215 e. The maximum absolute atomic E-state index is 12.1. The molecule has 0 atom stereocenters. The molecule has 2 aromatic carbocycles. The lowest BCUT2D eigenvalue weighted by atomic mass is 10.0. The molecule has 0 spiro atoms. The number of nitrogens with one attached hydrogen (secondary N) is 1. The van der Waals surface area contributed by atoms with Gasteiger partial charge in [0.05, 0.1) is 12.9 Å². The van der Waals surface area contributed by atoms with E-state index in [1.54, 1.807) is 7.11 Å². The van der Waals surface area contributed by atoms with Crippen LogP contribution in [0.5, 0.6) is 5.75 Å². The Balaban J connectivity index is 1.98. The highest BCUT2D eigenvalue weighted by atomic mass is 32.2. The minimum Gasteiger partial charge on any atom is -0.496 e. The van der Waals surface area contributed by atoms with Gasteiger partial charge < -0.3 is 4.74 Å². The molecule has 0 unspecified atom stereocenters. The van der Waals surface area contributed by atoms with Gasteiger partial charge in [-0.25, -0.2) is 13.1 Å². The van der Waals surface area contributed by atoms with E-state index < -0.39 is 10.0 Å². The van der Waals surface area contributed by atoms with Crippen molar-refractivity contribution in [1.29, 1.82) is 0 Å². The van der Waals surface area contributed by atoms with Crippen molar-refractivity contribution in [3.63, 3.8) is 0 Å². The quantitative estimate of drug-likeness (QED) is 0.847. The highest BCUT2D eigenvalue weighted by molar-refractivity contribution is 7.88. The third-order valence-electron chi connectivity index (χ3n) is 3.81. The van der Waals surface area contributed by atoms with E-state index in [0.29, 0.717) is 13.0 Å². The van der Waals surface area contributed by atoms with Gasteiger partial charge in [-0.1, -0.05) is 36.4 Å². The normalized spacial score (nSPS) is 11.4. The molecule has 2 rings (SSSR count). The summed E-state index contributed by atoms with van der Waals surface area (Å²) in [7, 11) is -1.70. The second kappa shape index (κ2) is 7.62. The topological polar surface area (TPSA) is 55.4 Å². The zero-order valence-electron chi connectivity index (χ0n) is 13.8. The smallest absolute Gasteiger partial charge is 0.215 e. The number of sulfonamides is 1. The van der Waals surface area contributed by atoms with Crippen LogP contribution in [0.25, 0.3) is 0 Å². The van der Waals surface area contributed by atoms with Crippen LogP contribution in [-0.2, 0) is 22.2 Å². The Kier molecular flexibility index (Phi) is 5.80. The molecule has 0 amide bonds. The lowest BCUT2D eigenvalue weighted by molar-refractivity contribution is 0.409. The molecule has 4 nitrogen and oxygen atoms in total. The average molecular weight is 333 g/mol. The fourth-order valence-electron chi connectivity index (χ4n) is 2.42. The average Bonchev–Trinajstić information content (AvgIpc) is 2.51. The summed E-state index contributed by atoms with van der Waals surface area (Å²) in [6, 6.07) is 13.2. The number of hydrogen-bond acceptors (Lipinski definition) is 3. The van der Waals surface area contributed by atoms with Crippen LogP contribution in [0.2, 0.25) is 0 Å². The van der Waals surface area contributed by atoms with Gasteiger partial charge in [0.2, 0.25) is 10.0 Å². The molecule has 1 N–H and O–H groups in total. The van der Waals surface area contributed by atoms with E-state index in [1.165, 1.54) is 5.56 Å². The molecule has 0 aromatic heterocycles. The Morgan fingerprint density at radius 1 is 1.04 bits per heavy atom. The van der Waals surface area contributed by atoms with Crippen LogP contribution in [0.1, 0.15) is 22.3 Å². The molecule has 0 aliphatic heterocycles. The first kappa shape index (κ1) is 17.5. The molecule has 0 aliphatic carbocycles. The highest BCUT2D eigenvalue weighted by Crippen LogP contribution is 2.23. The first-order valence-electron chi connectivity index (χ1n) is 7.56. The van der Waals surface area contributed by atoms with Crippen molar-refractivity contribution in [3.05, 3.63) is 64.7 Å². The first-order chi connectivity index (χ1) is 10.9. The van der Waals surface area contributed by atoms with Crippen molar-refractivity contribution in [2.24, 2.45) is 0 Å². The van der Waals surface area contributed by atoms with Crippen LogP contribution >= 0.6 is 0 Å². The number of benzene rings is 2. The minimum absolute atomic E-state index is 0.00208. The number of aryl methyl sites for hydroxylation is 2. The summed E-state index contributed by atoms with van der Waals surface area (Å²) in [6.45, 7) is 4.43. The molecule has 0 fully saturated rings. The summed E-state index contributed by atoms with van der Waals surface area (Å²) in [6.07, 6.45) is 0.596. The van der Waals surface area contributed by atoms with E-state index in [0.717, 1.165) is 22.4 Å². The molecular weight excluding hydrogens is 310 g/mol. The molecule has 0 aliphatic rings. The summed E-state index contributed by atoms with van der Waals surface area (Å²) >= 11 is 0. The SMILES string of the molecule is COc1cc(C)c(C)cc1CCNS(=O)(=O)Cc1ccccc1. The molecule has 0 saturated carbocycles. The van der Waals surface area contributed by atoms with Gasteiger partial charge in [-0.2, -0.15) is 0 Å². The van der Waals surface area contributed by atoms with Crippen LogP contribution in [0.15, 0.2) is 42.5 Å². The number of methoxy groups -OCH3 is 1. The molecule has 124 valence electrons. The maximum atomic E-state index is 12.1. The molecule has 0 radical (unpaired) electrons. The van der Waals surface area contributed by atoms with E-state index in [-0.39, 0.29) is 5.75 Å². The third-order valence-corrected chi connectivity index (χ3v) is 5.17. The summed E-state index contributed by atoms with van der Waals surface area (Å²) in [5.41, 5.74) is 4.13. The molecule has 5 heteroatoms. The fourth-order valence-corrected chi connectivity index (χ4v) is 3.57. The van der Waals surface area contributed by atoms with E-state index in [2.05, 4.69) is 10.8 Å². The summed E-state index contributed by atoms with van der Waals surface area (Å²) in [5, 5.41) is 0. The van der Waals surface area contributed by atoms with Crippen molar-refractivity contribution < 1.29 is 13.2 Å². The summed E-state index contributed by atoms with van der Waals surface area (Å²) < 4.78 is 32.3. The fraction of sp³-hybridized carbons (Fsp3) is 0.333. The van der Waals surface area contributed by atoms with Crippen LogP contribution < -0.4 is 9.46 Å². The zero-order valence-corrected chi connectivity index (χ0v) is 14.6. The van der Waals surface area contributed by atoms with Crippen LogP contribution in [0.3, 0.4) is 0 Å². The Hall–Kier alpha value is -1.85. The first-order valence-corrected chi connectivity index (χ1v) is 9.22. The van der Waals surface area contributed by atoms with Gasteiger partial charge in [0.1, 0.15) is 5.75 Å². The van der Waals surface area contributed by atoms with Crippen LogP contribution in [0, 0.1) is 13.8 Å². The second-order valence-electron chi connectivity index (χ2n) is 5.64. The van der Waals surface area contributed by atoms with Crippen molar-refractivity contribution in [3.8, 4) is 5.75 Å². The Morgan fingerprint density at radius 3 is 2.35 bits per heavy atom. The van der Waals surface area contributed by atoms with Crippen molar-refractivity contribution in [2.45, 2.75) is 26.0 Å². The number of ether oxygens (including phenoxy) is 1. The molecule has 0 heterocycles. The number of hydrogen-bond donors (Lipinski definition) is 1. The Bertz CT molecular complexity index is 755. The van der Waals surface area contributed by atoms with E-state index >= 15 is 0 Å². The molecule has 0 saturated heterocycles. The summed E-state index contributed by atoms with van der Waals surface area (Å²) in [4.78, 5) is 0. The predicted octanol–water partition coefficient (Wildman–Crippen LogP) is 2.97. The lowest BCUT2D eigenvalue weighted by Crippen LogP contribution is -2.27. The van der Waals surface area contributed by atoms with Gasteiger partial charge in [0.15, 0.2) is 0 Å². The second-order valence-corrected chi connectivity index (χ2v) is 7.44. The van der Waals surface area contributed by atoms with Crippen molar-refractivity contribution in [2.75, 3.05) is 13.7 Å². The van der Waals surface area contributed by atoms with E-state index in [1.807, 2.05) is 50.2 Å². The number of rotatable bonds is 7. The molecule has 0 bridgehead atoms.